The molecule has 0 radical (unpaired) electrons. The number of hydrogen-bond acceptors (Lipinski definition) is 4. The summed E-state index contributed by atoms with van der Waals surface area (Å²) in [5.41, 5.74) is 0.0772. The Kier molecular flexibility index (Phi) is 6.19. The number of carbonyl (C=O) groups excluding carboxylic acids is 2. The minimum Gasteiger partial charge on any atom is -0.464 e. The predicted octanol–water partition coefficient (Wildman–Crippen LogP) is 4.25. The van der Waals surface area contributed by atoms with Crippen molar-refractivity contribution in [1.29, 1.82) is 0 Å². The lowest BCUT2D eigenvalue weighted by molar-refractivity contribution is -0.151. The summed E-state index contributed by atoms with van der Waals surface area (Å²) in [4.78, 5) is 26.9. The first-order valence-corrected chi connectivity index (χ1v) is 10.5. The maximum absolute atomic E-state index is 12.9. The van der Waals surface area contributed by atoms with E-state index in [0.29, 0.717) is 24.5 Å². The van der Waals surface area contributed by atoms with Crippen molar-refractivity contribution in [2.75, 3.05) is 6.61 Å². The number of ketones is 1. The van der Waals surface area contributed by atoms with E-state index in [-0.39, 0.29) is 17.4 Å². The molecule has 4 atom stereocenters. The van der Waals surface area contributed by atoms with E-state index in [1.54, 1.807) is 0 Å². The molecule has 0 amide bonds. The monoisotopic (exact) mass is 349 g/mol. The third-order valence-corrected chi connectivity index (χ3v) is 6.91. The molecule has 1 spiro atoms. The summed E-state index contributed by atoms with van der Waals surface area (Å²) in [6.45, 7) is 4.24. The molecular formula is C21H35NO3. The van der Waals surface area contributed by atoms with Crippen molar-refractivity contribution < 1.29 is 14.3 Å². The fourth-order valence-electron chi connectivity index (χ4n) is 5.90. The number of nitrogens with zero attached hydrogens (tertiary/aromatic N) is 1. The first-order valence-electron chi connectivity index (χ1n) is 10.5. The number of carbonyl (C=O) groups is 2. The largest absolute Gasteiger partial charge is 0.464 e. The van der Waals surface area contributed by atoms with Crippen molar-refractivity contribution in [3.63, 3.8) is 0 Å². The summed E-state index contributed by atoms with van der Waals surface area (Å²) >= 11 is 0. The first-order chi connectivity index (χ1) is 12.1. The molecule has 3 rings (SSSR count). The second kappa shape index (κ2) is 8.20. The van der Waals surface area contributed by atoms with Gasteiger partial charge in [0.05, 0.1) is 0 Å². The second-order valence-electron chi connectivity index (χ2n) is 8.48. The molecule has 2 aliphatic heterocycles. The fourth-order valence-corrected chi connectivity index (χ4v) is 5.90. The molecular weight excluding hydrogens is 314 g/mol. The van der Waals surface area contributed by atoms with E-state index in [0.717, 1.165) is 38.5 Å². The standard InChI is InChI=1S/C21H35NO3/c1-3-4-5-6-9-17-14-20(24)19-10-7-8-12-21(19)13-11-18(22(17)21)15-25-16(2)23/h17-19H,3-15H2,1-2H3/t17-,18+,19-,21+/m1/s1. The van der Waals surface area contributed by atoms with E-state index < -0.39 is 0 Å². The first kappa shape index (κ1) is 18.9. The van der Waals surface area contributed by atoms with Gasteiger partial charge in [-0.25, -0.2) is 0 Å². The summed E-state index contributed by atoms with van der Waals surface area (Å²) in [5, 5.41) is 0. The number of unbranched alkanes of at least 4 members (excludes halogenated alkanes) is 3. The van der Waals surface area contributed by atoms with E-state index in [4.69, 9.17) is 4.74 Å². The fraction of sp³-hybridized carbons (Fsp3) is 0.905. The molecule has 142 valence electrons. The number of rotatable bonds is 7. The Morgan fingerprint density at radius 2 is 2.00 bits per heavy atom. The average molecular weight is 350 g/mol. The average Bonchev–Trinajstić information content (AvgIpc) is 2.95. The van der Waals surface area contributed by atoms with Gasteiger partial charge in [0, 0.05) is 36.9 Å². The number of Topliss-reactive ketones (excluding diaryl/α,β-unsaturated/α-hetero) is 1. The van der Waals surface area contributed by atoms with Crippen LogP contribution in [0.1, 0.15) is 90.9 Å². The van der Waals surface area contributed by atoms with Gasteiger partial charge in [-0.3, -0.25) is 14.5 Å². The van der Waals surface area contributed by atoms with Gasteiger partial charge in [0.25, 0.3) is 0 Å². The van der Waals surface area contributed by atoms with Gasteiger partial charge in [0.15, 0.2) is 0 Å². The number of piperidine rings is 1. The molecule has 4 nitrogen and oxygen atoms in total. The van der Waals surface area contributed by atoms with Crippen molar-refractivity contribution in [2.24, 2.45) is 5.92 Å². The van der Waals surface area contributed by atoms with Crippen molar-refractivity contribution in [2.45, 2.75) is 109 Å². The minimum atomic E-state index is -0.186. The highest BCUT2D eigenvalue weighted by Gasteiger charge is 2.58. The van der Waals surface area contributed by atoms with Crippen LogP contribution in [0.2, 0.25) is 0 Å². The van der Waals surface area contributed by atoms with Gasteiger partial charge < -0.3 is 4.74 Å². The summed E-state index contributed by atoms with van der Waals surface area (Å²) < 4.78 is 5.40. The molecule has 4 heteroatoms. The molecule has 1 saturated carbocycles. The van der Waals surface area contributed by atoms with Crippen molar-refractivity contribution in [1.82, 2.24) is 4.90 Å². The van der Waals surface area contributed by atoms with Gasteiger partial charge in [0.2, 0.25) is 0 Å². The summed E-state index contributed by atoms with van der Waals surface area (Å²) in [6, 6.07) is 0.676. The summed E-state index contributed by atoms with van der Waals surface area (Å²) in [7, 11) is 0. The molecule has 0 aromatic carbocycles. The predicted molar refractivity (Wildman–Crippen MR) is 98.4 cm³/mol. The van der Waals surface area contributed by atoms with Crippen LogP contribution in [0.3, 0.4) is 0 Å². The third-order valence-electron chi connectivity index (χ3n) is 6.91. The lowest BCUT2D eigenvalue weighted by atomic mass is 9.65. The van der Waals surface area contributed by atoms with Gasteiger partial charge in [-0.1, -0.05) is 45.4 Å². The van der Waals surface area contributed by atoms with Crippen LogP contribution in [0.15, 0.2) is 0 Å². The van der Waals surface area contributed by atoms with E-state index >= 15 is 0 Å². The van der Waals surface area contributed by atoms with Crippen LogP contribution >= 0.6 is 0 Å². The lowest BCUT2D eigenvalue weighted by Gasteiger charge is -2.55. The SMILES string of the molecule is CCCCCC[C@@H]1CC(=O)[C@H]2CCCC[C@]23CC[C@@H](COC(C)=O)N13. The maximum atomic E-state index is 12.9. The Bertz CT molecular complexity index is 492. The smallest absolute Gasteiger partial charge is 0.302 e. The topological polar surface area (TPSA) is 46.6 Å². The normalized spacial score (nSPS) is 35.3. The van der Waals surface area contributed by atoms with Gasteiger partial charge in [-0.05, 0) is 32.1 Å². The number of ether oxygens (including phenoxy) is 1. The van der Waals surface area contributed by atoms with Gasteiger partial charge >= 0.3 is 5.97 Å². The van der Waals surface area contributed by atoms with Crippen LogP contribution in [0.4, 0.5) is 0 Å². The Hall–Kier alpha value is -0.900. The molecule has 0 aromatic rings. The molecule has 25 heavy (non-hydrogen) atoms. The zero-order valence-corrected chi connectivity index (χ0v) is 16.1. The molecule has 0 unspecified atom stereocenters. The zero-order chi connectivity index (χ0) is 17.9. The second-order valence-corrected chi connectivity index (χ2v) is 8.48. The molecule has 1 aliphatic carbocycles. The zero-order valence-electron chi connectivity index (χ0n) is 16.1. The maximum Gasteiger partial charge on any atom is 0.302 e. The minimum absolute atomic E-state index is 0.0772. The van der Waals surface area contributed by atoms with E-state index in [9.17, 15) is 9.59 Å². The van der Waals surface area contributed by atoms with Crippen LogP contribution in [-0.2, 0) is 14.3 Å². The van der Waals surface area contributed by atoms with Crippen LogP contribution in [-0.4, -0.2) is 40.9 Å². The van der Waals surface area contributed by atoms with Crippen LogP contribution in [0.25, 0.3) is 0 Å². The van der Waals surface area contributed by atoms with E-state index in [1.165, 1.54) is 45.4 Å². The Morgan fingerprint density at radius 3 is 2.76 bits per heavy atom. The summed E-state index contributed by atoms with van der Waals surface area (Å²) in [5.74, 6) is 0.564. The quantitative estimate of drug-likeness (QED) is 0.509. The van der Waals surface area contributed by atoms with Gasteiger partial charge in [-0.15, -0.1) is 0 Å². The highest BCUT2D eigenvalue weighted by Crippen LogP contribution is 2.53. The molecule has 0 N–H and O–H groups in total. The number of esters is 1. The molecule has 3 fully saturated rings. The van der Waals surface area contributed by atoms with Crippen molar-refractivity contribution in [3.8, 4) is 0 Å². The molecule has 0 aromatic heterocycles. The molecule has 2 heterocycles. The Morgan fingerprint density at radius 1 is 1.16 bits per heavy atom. The van der Waals surface area contributed by atoms with Crippen LogP contribution in [0.5, 0.6) is 0 Å². The summed E-state index contributed by atoms with van der Waals surface area (Å²) in [6.07, 6.45) is 13.7. The Labute approximate surface area is 152 Å². The van der Waals surface area contributed by atoms with Gasteiger partial charge in [0.1, 0.15) is 12.4 Å². The lowest BCUT2D eigenvalue weighted by Crippen LogP contribution is -2.64. The van der Waals surface area contributed by atoms with Crippen LogP contribution in [0, 0.1) is 5.92 Å². The highest BCUT2D eigenvalue weighted by molar-refractivity contribution is 5.84. The van der Waals surface area contributed by atoms with E-state index in [1.807, 2.05) is 0 Å². The molecule has 0 bridgehead atoms. The molecule has 3 aliphatic rings. The van der Waals surface area contributed by atoms with Gasteiger partial charge in [-0.2, -0.15) is 0 Å². The highest BCUT2D eigenvalue weighted by atomic mass is 16.5. The number of hydrogen-bond donors (Lipinski definition) is 0. The van der Waals surface area contributed by atoms with E-state index in [2.05, 4.69) is 11.8 Å². The van der Waals surface area contributed by atoms with Crippen molar-refractivity contribution in [3.05, 3.63) is 0 Å². The van der Waals surface area contributed by atoms with Crippen molar-refractivity contribution >= 4 is 11.8 Å². The van der Waals surface area contributed by atoms with Crippen LogP contribution < -0.4 is 0 Å². The Balaban J connectivity index is 1.77. The molecule has 2 saturated heterocycles. The third kappa shape index (κ3) is 3.79.